The van der Waals surface area contributed by atoms with Gasteiger partial charge in [-0.15, -0.1) is 11.8 Å². The van der Waals surface area contributed by atoms with Crippen LogP contribution in [0.1, 0.15) is 13.3 Å². The van der Waals surface area contributed by atoms with Gasteiger partial charge in [-0.05, 0) is 85.4 Å². The van der Waals surface area contributed by atoms with Gasteiger partial charge in [0.05, 0.1) is 5.25 Å². The number of hydrogen-bond donors (Lipinski definition) is 3. The normalized spacial score (nSPS) is 11.6. The number of oxazole rings is 1. The smallest absolute Gasteiger partial charge is 0.237 e. The maximum Gasteiger partial charge on any atom is 0.237 e. The van der Waals surface area contributed by atoms with E-state index in [1.54, 1.807) is 0 Å². The number of hydrogen-bond acceptors (Lipinski definition) is 5. The highest BCUT2D eigenvalue weighted by atomic mass is 32.2. The molecule has 0 saturated carbocycles. The van der Waals surface area contributed by atoms with E-state index in [9.17, 15) is 4.79 Å². The van der Waals surface area contributed by atoms with Crippen molar-refractivity contribution in [3.63, 3.8) is 0 Å². The third kappa shape index (κ3) is 6.40. The molecule has 190 valence electrons. The number of nitrogens with one attached hydrogen (secondary N) is 3. The number of benzene rings is 4. The standard InChI is InChI=1S/C30H26N4O2S2/c1-2-27(38-24-12-8-11-23(19-24)33-30(37)32-21-9-4-3-5-10-21)28(35)31-22-17-15-20(16-18-22)29-34-25-13-6-7-14-26(25)36-29/h3-19,27H,2H2,1H3,(H,31,35)(H2,32,33,37). The lowest BCUT2D eigenvalue weighted by Gasteiger charge is -2.16. The highest BCUT2D eigenvalue weighted by Gasteiger charge is 2.19. The van der Waals surface area contributed by atoms with Crippen molar-refractivity contribution in [3.05, 3.63) is 103 Å². The minimum Gasteiger partial charge on any atom is -0.436 e. The van der Waals surface area contributed by atoms with Crippen molar-refractivity contribution < 1.29 is 9.21 Å². The van der Waals surface area contributed by atoms with Crippen LogP contribution in [0.5, 0.6) is 0 Å². The zero-order chi connectivity index (χ0) is 26.3. The summed E-state index contributed by atoms with van der Waals surface area (Å²) >= 11 is 6.96. The van der Waals surface area contributed by atoms with E-state index in [1.807, 2.05) is 110 Å². The molecule has 0 bridgehead atoms. The molecule has 3 N–H and O–H groups in total. The number of anilines is 3. The number of thioether (sulfide) groups is 1. The molecule has 0 aliphatic carbocycles. The molecule has 1 amide bonds. The van der Waals surface area contributed by atoms with Crippen LogP contribution in [0.4, 0.5) is 17.1 Å². The van der Waals surface area contributed by atoms with Crippen LogP contribution < -0.4 is 16.0 Å². The van der Waals surface area contributed by atoms with E-state index in [-0.39, 0.29) is 11.2 Å². The molecule has 5 aromatic rings. The number of carbonyl (C=O) groups is 1. The van der Waals surface area contributed by atoms with Gasteiger partial charge in [-0.3, -0.25) is 4.79 Å². The van der Waals surface area contributed by atoms with Crippen molar-refractivity contribution in [2.24, 2.45) is 0 Å². The van der Waals surface area contributed by atoms with Crippen LogP contribution in [-0.4, -0.2) is 21.3 Å². The summed E-state index contributed by atoms with van der Waals surface area (Å²) in [5, 5.41) is 9.67. The number of amides is 1. The molecule has 4 aromatic carbocycles. The summed E-state index contributed by atoms with van der Waals surface area (Å²) in [5.41, 5.74) is 4.91. The van der Waals surface area contributed by atoms with Crippen molar-refractivity contribution in [1.29, 1.82) is 0 Å². The first-order chi connectivity index (χ1) is 18.6. The van der Waals surface area contributed by atoms with Crippen LogP contribution in [0.3, 0.4) is 0 Å². The summed E-state index contributed by atoms with van der Waals surface area (Å²) in [7, 11) is 0. The number of nitrogens with zero attached hydrogens (tertiary/aromatic N) is 1. The van der Waals surface area contributed by atoms with Gasteiger partial charge in [0.2, 0.25) is 11.8 Å². The SMILES string of the molecule is CCC(Sc1cccc(NC(=S)Nc2ccccc2)c1)C(=O)Nc1ccc(-c2nc3ccccc3o2)cc1. The first-order valence-electron chi connectivity index (χ1n) is 12.2. The average Bonchev–Trinajstić information content (AvgIpc) is 3.37. The van der Waals surface area contributed by atoms with E-state index in [0.717, 1.165) is 38.6 Å². The summed E-state index contributed by atoms with van der Waals surface area (Å²) in [4.78, 5) is 18.6. The van der Waals surface area contributed by atoms with Gasteiger partial charge in [0.25, 0.3) is 0 Å². The van der Waals surface area contributed by atoms with Gasteiger partial charge in [0.15, 0.2) is 10.7 Å². The van der Waals surface area contributed by atoms with Gasteiger partial charge in [-0.25, -0.2) is 4.98 Å². The van der Waals surface area contributed by atoms with Crippen molar-refractivity contribution in [2.75, 3.05) is 16.0 Å². The van der Waals surface area contributed by atoms with E-state index in [4.69, 9.17) is 16.6 Å². The zero-order valence-electron chi connectivity index (χ0n) is 20.7. The Morgan fingerprint density at radius 3 is 2.29 bits per heavy atom. The van der Waals surface area contributed by atoms with Crippen molar-refractivity contribution >= 4 is 63.2 Å². The monoisotopic (exact) mass is 538 g/mol. The minimum atomic E-state index is -0.253. The third-order valence-corrected chi connectivity index (χ3v) is 7.32. The van der Waals surface area contributed by atoms with Gasteiger partial charge in [-0.1, -0.05) is 43.3 Å². The van der Waals surface area contributed by atoms with Crippen molar-refractivity contribution in [3.8, 4) is 11.5 Å². The predicted octanol–water partition coefficient (Wildman–Crippen LogP) is 7.81. The molecule has 1 aromatic heterocycles. The largest absolute Gasteiger partial charge is 0.436 e. The summed E-state index contributed by atoms with van der Waals surface area (Å²) < 4.78 is 5.84. The van der Waals surface area contributed by atoms with Crippen LogP contribution >= 0.6 is 24.0 Å². The molecule has 0 fully saturated rings. The Hall–Kier alpha value is -4.14. The van der Waals surface area contributed by atoms with Crippen LogP contribution in [0.25, 0.3) is 22.6 Å². The lowest BCUT2D eigenvalue weighted by molar-refractivity contribution is -0.115. The molecule has 0 aliphatic rings. The van der Waals surface area contributed by atoms with Crippen LogP contribution in [0, 0.1) is 0 Å². The predicted molar refractivity (Wildman–Crippen MR) is 161 cm³/mol. The maximum atomic E-state index is 13.1. The van der Waals surface area contributed by atoms with E-state index >= 15 is 0 Å². The molecule has 6 nitrogen and oxygen atoms in total. The minimum absolute atomic E-state index is 0.0493. The summed E-state index contributed by atoms with van der Waals surface area (Å²) in [6.07, 6.45) is 0.684. The van der Waals surface area contributed by atoms with Gasteiger partial charge >= 0.3 is 0 Å². The Balaban J connectivity index is 1.19. The second kappa shape index (κ2) is 11.9. The molecule has 1 unspecified atom stereocenters. The maximum absolute atomic E-state index is 13.1. The van der Waals surface area contributed by atoms with E-state index < -0.39 is 0 Å². The van der Waals surface area contributed by atoms with E-state index in [2.05, 4.69) is 20.9 Å². The van der Waals surface area contributed by atoms with Crippen LogP contribution in [0.2, 0.25) is 0 Å². The summed E-state index contributed by atoms with van der Waals surface area (Å²) in [6, 6.07) is 32.8. The molecular formula is C30H26N4O2S2. The number of carbonyl (C=O) groups excluding carboxylic acids is 1. The highest BCUT2D eigenvalue weighted by Crippen LogP contribution is 2.29. The van der Waals surface area contributed by atoms with Gasteiger partial charge in [-0.2, -0.15) is 0 Å². The van der Waals surface area contributed by atoms with Crippen molar-refractivity contribution in [1.82, 2.24) is 4.98 Å². The Morgan fingerprint density at radius 2 is 1.53 bits per heavy atom. The molecule has 0 saturated heterocycles. The molecule has 8 heteroatoms. The van der Waals surface area contributed by atoms with E-state index in [0.29, 0.717) is 17.4 Å². The lowest BCUT2D eigenvalue weighted by atomic mass is 10.2. The molecule has 0 spiro atoms. The van der Waals surface area contributed by atoms with E-state index in [1.165, 1.54) is 11.8 Å². The van der Waals surface area contributed by atoms with Gasteiger partial charge in [0.1, 0.15) is 5.52 Å². The first-order valence-corrected chi connectivity index (χ1v) is 13.5. The van der Waals surface area contributed by atoms with Crippen molar-refractivity contribution in [2.45, 2.75) is 23.5 Å². The Morgan fingerprint density at radius 1 is 0.842 bits per heavy atom. The van der Waals surface area contributed by atoms with Crippen LogP contribution in [-0.2, 0) is 4.79 Å². The van der Waals surface area contributed by atoms with Gasteiger partial charge < -0.3 is 20.4 Å². The highest BCUT2D eigenvalue weighted by molar-refractivity contribution is 8.00. The quantitative estimate of drug-likeness (QED) is 0.137. The Bertz CT molecular complexity index is 1520. The average molecular weight is 539 g/mol. The Kier molecular flexibility index (Phi) is 8.01. The number of thiocarbonyl (C=S) groups is 1. The molecule has 0 radical (unpaired) electrons. The second-order valence-electron chi connectivity index (χ2n) is 8.54. The molecule has 38 heavy (non-hydrogen) atoms. The second-order valence-corrected chi connectivity index (χ2v) is 10.2. The number of rotatable bonds is 8. The number of aromatic nitrogens is 1. The molecular weight excluding hydrogens is 512 g/mol. The number of para-hydroxylation sites is 3. The molecule has 0 aliphatic heterocycles. The molecule has 1 heterocycles. The lowest BCUT2D eigenvalue weighted by Crippen LogP contribution is -2.24. The fraction of sp³-hybridized carbons (Fsp3) is 0.100. The zero-order valence-corrected chi connectivity index (χ0v) is 22.3. The Labute approximate surface area is 230 Å². The summed E-state index contributed by atoms with van der Waals surface area (Å²) in [5.74, 6) is 0.504. The molecule has 1 atom stereocenters. The molecule has 5 rings (SSSR count). The fourth-order valence-electron chi connectivity index (χ4n) is 3.86. The first kappa shape index (κ1) is 25.5. The fourth-order valence-corrected chi connectivity index (χ4v) is 5.11. The van der Waals surface area contributed by atoms with Gasteiger partial charge in [0, 0.05) is 27.5 Å². The van der Waals surface area contributed by atoms with Crippen LogP contribution in [0.15, 0.2) is 112 Å². The topological polar surface area (TPSA) is 79.2 Å². The summed E-state index contributed by atoms with van der Waals surface area (Å²) in [6.45, 7) is 2.01. The number of fused-ring (bicyclic) bond motifs is 1. The third-order valence-electron chi connectivity index (χ3n) is 5.76.